The predicted molar refractivity (Wildman–Crippen MR) is 124 cm³/mol. The van der Waals surface area contributed by atoms with Crippen LogP contribution >= 0.6 is 11.8 Å². The van der Waals surface area contributed by atoms with Gasteiger partial charge in [0.2, 0.25) is 0 Å². The minimum Gasteiger partial charge on any atom is -0.854 e. The van der Waals surface area contributed by atoms with Gasteiger partial charge in [0.15, 0.2) is 0 Å². The maximum absolute atomic E-state index is 13.6. The van der Waals surface area contributed by atoms with E-state index in [0.717, 1.165) is 22.9 Å². The van der Waals surface area contributed by atoms with E-state index >= 15 is 0 Å². The molecule has 1 saturated heterocycles. The summed E-state index contributed by atoms with van der Waals surface area (Å²) >= 11 is 0.898. The predicted octanol–water partition coefficient (Wildman–Crippen LogP) is 2.32. The highest BCUT2D eigenvalue weighted by atomic mass is 32.2. The Labute approximate surface area is 197 Å². The molecular weight excluding hydrogens is 445 g/mol. The van der Waals surface area contributed by atoms with Crippen molar-refractivity contribution in [2.45, 2.75) is 37.0 Å². The Hall–Kier alpha value is -2.88. The standard InChI is InChI=1S/C24H22FN3O4S/c1-23(2)16(11-18(32-23)21-15-6-5-14(25)10-17(15)27-22(21)29)13-4-7-20(26-12-13)28(3)19-8-9-33-24(19,30)31/h4-7,10-12,19H,8-9H2,1-3H3,(H,27,29)/q-2/p+2/b21-18+. The molecule has 1 fully saturated rings. The van der Waals surface area contributed by atoms with E-state index < -0.39 is 22.6 Å². The summed E-state index contributed by atoms with van der Waals surface area (Å²) in [6, 6.07) is 7.12. The van der Waals surface area contributed by atoms with Crippen LogP contribution in [0.25, 0.3) is 11.1 Å². The number of carbonyl (C=O) groups excluding carboxylic acids is 1. The van der Waals surface area contributed by atoms with Crippen molar-refractivity contribution in [3.05, 3.63) is 65.3 Å². The first-order chi connectivity index (χ1) is 15.6. The number of anilines is 2. The Bertz CT molecular complexity index is 1220. The number of ether oxygens (including phenoxy) is 1. The van der Waals surface area contributed by atoms with Crippen molar-refractivity contribution < 1.29 is 27.0 Å². The third kappa shape index (κ3) is 3.70. The first kappa shape index (κ1) is 21.9. The number of hydrogen-bond donors (Lipinski definition) is 1. The zero-order valence-electron chi connectivity index (χ0n) is 20.3. The largest absolute Gasteiger partial charge is 1.00 e. The van der Waals surface area contributed by atoms with Gasteiger partial charge < -0.3 is 25.2 Å². The molecule has 0 bridgehead atoms. The van der Waals surface area contributed by atoms with Crippen molar-refractivity contribution in [3.8, 4) is 0 Å². The second-order valence-corrected chi connectivity index (χ2v) is 10.1. The van der Waals surface area contributed by atoms with Crippen LogP contribution in [0.2, 0.25) is 0 Å². The zero-order valence-corrected chi connectivity index (χ0v) is 19.2. The van der Waals surface area contributed by atoms with Crippen molar-refractivity contribution in [2.75, 3.05) is 23.0 Å². The number of thioether (sulfide) groups is 1. The topological polar surface area (TPSA) is 101 Å². The summed E-state index contributed by atoms with van der Waals surface area (Å²) in [6.07, 6.45) is 4.00. The molecule has 3 aliphatic rings. The zero-order chi connectivity index (χ0) is 23.5. The van der Waals surface area contributed by atoms with E-state index in [-0.39, 0.29) is 8.76 Å². The van der Waals surface area contributed by atoms with Gasteiger partial charge in [-0.05, 0) is 62.4 Å². The third-order valence-corrected chi connectivity index (χ3v) is 7.37. The van der Waals surface area contributed by atoms with Crippen molar-refractivity contribution in [1.82, 2.24) is 4.98 Å². The van der Waals surface area contributed by atoms with Crippen LogP contribution in [0.3, 0.4) is 0 Å². The van der Waals surface area contributed by atoms with E-state index in [1.165, 1.54) is 12.1 Å². The Morgan fingerprint density at radius 1 is 1.30 bits per heavy atom. The number of likely N-dealkylation sites (N-methyl/N-ethyl adjacent to an activating group) is 1. The molecule has 1 aromatic heterocycles. The number of carbonyl (C=O) groups is 1. The summed E-state index contributed by atoms with van der Waals surface area (Å²) in [5.74, 6) is 0.720. The van der Waals surface area contributed by atoms with Crippen LogP contribution in [0.4, 0.5) is 15.9 Å². The van der Waals surface area contributed by atoms with Gasteiger partial charge in [0, 0.05) is 36.0 Å². The number of nitrogens with zero attached hydrogens (tertiary/aromatic N) is 2. The minimum absolute atomic E-state index is 0. The summed E-state index contributed by atoms with van der Waals surface area (Å²) in [6.45, 7) is 3.79. The number of halogens is 1. The van der Waals surface area contributed by atoms with Crippen LogP contribution < -0.4 is 20.4 Å². The molecule has 4 heterocycles. The van der Waals surface area contributed by atoms with E-state index in [9.17, 15) is 19.4 Å². The maximum Gasteiger partial charge on any atom is 1.00 e. The summed E-state index contributed by atoms with van der Waals surface area (Å²) in [7, 11) is 1.71. The van der Waals surface area contributed by atoms with Crippen molar-refractivity contribution in [3.63, 3.8) is 0 Å². The lowest BCUT2D eigenvalue weighted by molar-refractivity contribution is -0.681. The number of nitrogens with one attached hydrogen (secondary N) is 1. The van der Waals surface area contributed by atoms with E-state index in [1.807, 2.05) is 26.0 Å². The van der Waals surface area contributed by atoms with Gasteiger partial charge in [-0.1, -0.05) is 0 Å². The first-order valence-electron chi connectivity index (χ1n) is 10.6. The second kappa shape index (κ2) is 7.58. The van der Waals surface area contributed by atoms with Gasteiger partial charge in [-0.2, -0.15) is 11.8 Å². The van der Waals surface area contributed by atoms with Crippen LogP contribution in [-0.4, -0.2) is 40.5 Å². The lowest BCUT2D eigenvalue weighted by Crippen LogP contribution is -2.63. The summed E-state index contributed by atoms with van der Waals surface area (Å²) in [5.41, 5.74) is 2.25. The highest BCUT2D eigenvalue weighted by molar-refractivity contribution is 8.00. The summed E-state index contributed by atoms with van der Waals surface area (Å²) < 4.78 is 19.7. The monoisotopic (exact) mass is 469 g/mol. The number of pyridine rings is 1. The van der Waals surface area contributed by atoms with Crippen LogP contribution in [0.1, 0.15) is 34.2 Å². The fourth-order valence-corrected chi connectivity index (χ4v) is 5.63. The average molecular weight is 470 g/mol. The smallest absolute Gasteiger partial charge is 0.854 e. The molecule has 2 aromatic rings. The number of rotatable bonds is 3. The number of allylic oxidation sites excluding steroid dienone is 1. The molecule has 0 radical (unpaired) electrons. The molecule has 9 heteroatoms. The maximum atomic E-state index is 13.6. The highest BCUT2D eigenvalue weighted by Crippen LogP contribution is 2.44. The fourth-order valence-electron chi connectivity index (χ4n) is 4.54. The Balaban J connectivity index is 0.00000171. The SMILES string of the molecule is CN(c1ccc(C2=C/C(=C3\C(=O)Nc4cc(F)ccc43)OC2(C)C)cn1)C1CCSC1([O-])[O-].[H+].[H+]. The summed E-state index contributed by atoms with van der Waals surface area (Å²) in [5, 5.41) is 24.7. The van der Waals surface area contributed by atoms with Crippen LogP contribution in [0, 0.1) is 5.82 Å². The van der Waals surface area contributed by atoms with E-state index in [2.05, 4.69) is 10.3 Å². The van der Waals surface area contributed by atoms with Gasteiger partial charge in [-0.25, -0.2) is 9.37 Å². The van der Waals surface area contributed by atoms with Gasteiger partial charge in [-0.15, -0.1) is 5.12 Å². The van der Waals surface area contributed by atoms with Crippen LogP contribution in [0.15, 0.2) is 48.4 Å². The second-order valence-electron chi connectivity index (χ2n) is 8.83. The normalized spacial score (nSPS) is 24.8. The molecule has 1 atom stereocenters. The number of hydrogen-bond acceptors (Lipinski definition) is 7. The number of amides is 1. The fraction of sp³-hybridized carbons (Fsp3) is 0.333. The average Bonchev–Trinajstić information content (AvgIpc) is 3.37. The molecule has 1 aromatic carbocycles. The molecule has 0 spiro atoms. The lowest BCUT2D eigenvalue weighted by atomic mass is 9.93. The number of fused-ring (bicyclic) bond motifs is 1. The van der Waals surface area contributed by atoms with Crippen molar-refractivity contribution in [2.24, 2.45) is 0 Å². The van der Waals surface area contributed by atoms with Gasteiger partial charge in [0.05, 0.1) is 11.3 Å². The number of aromatic nitrogens is 1. The van der Waals surface area contributed by atoms with E-state index in [1.54, 1.807) is 30.3 Å². The van der Waals surface area contributed by atoms with Gasteiger partial charge >= 0.3 is 2.85 Å². The Morgan fingerprint density at radius 3 is 2.76 bits per heavy atom. The van der Waals surface area contributed by atoms with Gasteiger partial charge in [0.1, 0.15) is 23.0 Å². The molecule has 0 aliphatic carbocycles. The molecule has 172 valence electrons. The molecule has 5 rings (SSSR count). The molecule has 7 nitrogen and oxygen atoms in total. The molecule has 3 aliphatic heterocycles. The number of benzene rings is 1. The van der Waals surface area contributed by atoms with Crippen LogP contribution in [-0.2, 0) is 9.53 Å². The van der Waals surface area contributed by atoms with E-state index in [0.29, 0.717) is 40.6 Å². The molecule has 1 unspecified atom stereocenters. The van der Waals surface area contributed by atoms with Gasteiger partial charge in [0.25, 0.3) is 5.91 Å². The van der Waals surface area contributed by atoms with Gasteiger partial charge in [-0.3, -0.25) is 4.79 Å². The molecule has 1 N–H and O–H groups in total. The summed E-state index contributed by atoms with van der Waals surface area (Å²) in [4.78, 5) is 18.8. The molecular formula is C24H24FN3O4S. The van der Waals surface area contributed by atoms with E-state index in [4.69, 9.17) is 4.74 Å². The third-order valence-electron chi connectivity index (χ3n) is 6.25. The highest BCUT2D eigenvalue weighted by Gasteiger charge is 2.38. The van der Waals surface area contributed by atoms with Crippen molar-refractivity contribution >= 4 is 40.3 Å². The Morgan fingerprint density at radius 2 is 2.09 bits per heavy atom. The first-order valence-corrected chi connectivity index (χ1v) is 11.6. The lowest BCUT2D eigenvalue weighted by Gasteiger charge is -2.52. The molecule has 1 amide bonds. The van der Waals surface area contributed by atoms with Crippen molar-refractivity contribution in [1.29, 1.82) is 0 Å². The molecule has 0 saturated carbocycles. The van der Waals surface area contributed by atoms with Crippen LogP contribution in [0.5, 0.6) is 0 Å². The quantitative estimate of drug-likeness (QED) is 0.544. The minimum atomic E-state index is -2.30. The Kier molecular flexibility index (Phi) is 5.04. The molecule has 33 heavy (non-hydrogen) atoms.